The van der Waals surface area contributed by atoms with E-state index in [1.54, 1.807) is 4.90 Å². The highest BCUT2D eigenvalue weighted by Crippen LogP contribution is 2.27. The lowest BCUT2D eigenvalue weighted by Gasteiger charge is -2.24. The first-order valence-corrected chi connectivity index (χ1v) is 12.9. The SMILES string of the molecule is CCCCCCCSc1ccc(NC(=O)c2ccc3c(c2)CN(C(=O)OC(C)(C)C)C3)cc1. The van der Waals surface area contributed by atoms with Crippen molar-refractivity contribution in [2.45, 2.75) is 83.4 Å². The minimum absolute atomic E-state index is 0.148. The molecule has 2 amide bonds. The van der Waals surface area contributed by atoms with Crippen LogP contribution in [-0.4, -0.2) is 28.3 Å². The lowest BCUT2D eigenvalue weighted by molar-refractivity contribution is 0.0242. The molecule has 0 aliphatic carbocycles. The van der Waals surface area contributed by atoms with E-state index in [-0.39, 0.29) is 12.0 Å². The summed E-state index contributed by atoms with van der Waals surface area (Å²) in [6.07, 6.45) is 6.13. The molecular weight excluding hydrogens is 432 g/mol. The van der Waals surface area contributed by atoms with Crippen LogP contribution in [-0.2, 0) is 17.8 Å². The Morgan fingerprint density at radius 1 is 0.970 bits per heavy atom. The highest BCUT2D eigenvalue weighted by Gasteiger charge is 2.28. The minimum Gasteiger partial charge on any atom is -0.444 e. The second-order valence-corrected chi connectivity index (χ2v) is 10.7. The van der Waals surface area contributed by atoms with Gasteiger partial charge < -0.3 is 10.1 Å². The number of nitrogens with zero attached hydrogens (tertiary/aromatic N) is 1. The number of fused-ring (bicyclic) bond motifs is 1. The van der Waals surface area contributed by atoms with E-state index in [4.69, 9.17) is 4.74 Å². The Labute approximate surface area is 202 Å². The molecule has 0 saturated heterocycles. The first-order chi connectivity index (χ1) is 15.7. The van der Waals surface area contributed by atoms with E-state index in [0.717, 1.165) is 22.6 Å². The summed E-state index contributed by atoms with van der Waals surface area (Å²) in [5, 5.41) is 2.98. The minimum atomic E-state index is -0.528. The molecule has 0 fully saturated rings. The Kier molecular flexibility index (Phi) is 8.84. The molecule has 0 bridgehead atoms. The first-order valence-electron chi connectivity index (χ1n) is 11.9. The average Bonchev–Trinajstić information content (AvgIpc) is 3.20. The van der Waals surface area contributed by atoms with Crippen molar-refractivity contribution in [3.05, 3.63) is 59.2 Å². The fourth-order valence-electron chi connectivity index (χ4n) is 3.72. The molecule has 0 unspecified atom stereocenters. The highest BCUT2D eigenvalue weighted by atomic mass is 32.2. The maximum atomic E-state index is 12.8. The van der Waals surface area contributed by atoms with Gasteiger partial charge in [-0.1, -0.05) is 38.7 Å². The Balaban J connectivity index is 1.51. The quantitative estimate of drug-likeness (QED) is 0.311. The van der Waals surface area contributed by atoms with E-state index < -0.39 is 5.60 Å². The number of benzene rings is 2. The molecular formula is C27H36N2O3S. The van der Waals surface area contributed by atoms with Crippen molar-refractivity contribution < 1.29 is 14.3 Å². The maximum Gasteiger partial charge on any atom is 0.410 e. The standard InChI is InChI=1S/C27H36N2O3S/c1-5-6-7-8-9-16-33-24-14-12-23(13-15-24)28-25(30)20-10-11-21-18-29(19-22(21)17-20)26(31)32-27(2,3)4/h10-15,17H,5-9,16,18-19H2,1-4H3,(H,28,30). The van der Waals surface area contributed by atoms with Crippen LogP contribution >= 0.6 is 11.8 Å². The first kappa shape index (κ1) is 25.2. The topological polar surface area (TPSA) is 58.6 Å². The van der Waals surface area contributed by atoms with Crippen molar-refractivity contribution in [1.82, 2.24) is 4.90 Å². The van der Waals surface area contributed by atoms with Gasteiger partial charge in [-0.3, -0.25) is 9.69 Å². The van der Waals surface area contributed by atoms with Crippen LogP contribution in [0.15, 0.2) is 47.4 Å². The van der Waals surface area contributed by atoms with Gasteiger partial charge >= 0.3 is 6.09 Å². The molecule has 1 aliphatic heterocycles. The number of amides is 2. The molecule has 2 aromatic carbocycles. The number of hydrogen-bond acceptors (Lipinski definition) is 4. The molecule has 1 heterocycles. The van der Waals surface area contributed by atoms with Gasteiger partial charge in [0.15, 0.2) is 0 Å². The third kappa shape index (κ3) is 7.81. The van der Waals surface area contributed by atoms with E-state index in [1.165, 1.54) is 37.0 Å². The zero-order chi connectivity index (χ0) is 23.8. The number of ether oxygens (including phenoxy) is 1. The highest BCUT2D eigenvalue weighted by molar-refractivity contribution is 7.99. The number of unbranched alkanes of at least 4 members (excludes halogenated alkanes) is 4. The van der Waals surface area contributed by atoms with Gasteiger partial charge in [-0.2, -0.15) is 0 Å². The molecule has 0 spiro atoms. The van der Waals surface area contributed by atoms with Gasteiger partial charge in [0.1, 0.15) is 5.60 Å². The van der Waals surface area contributed by atoms with Crippen LogP contribution in [0.3, 0.4) is 0 Å². The number of hydrogen-bond donors (Lipinski definition) is 1. The van der Waals surface area contributed by atoms with Gasteiger partial charge in [0.25, 0.3) is 5.91 Å². The molecule has 5 nitrogen and oxygen atoms in total. The van der Waals surface area contributed by atoms with E-state index >= 15 is 0 Å². The second-order valence-electron chi connectivity index (χ2n) is 9.56. The predicted octanol–water partition coefficient (Wildman–Crippen LogP) is 7.25. The summed E-state index contributed by atoms with van der Waals surface area (Å²) in [7, 11) is 0. The summed E-state index contributed by atoms with van der Waals surface area (Å²) >= 11 is 1.87. The van der Waals surface area contributed by atoms with E-state index in [0.29, 0.717) is 18.7 Å². The zero-order valence-electron chi connectivity index (χ0n) is 20.3. The van der Waals surface area contributed by atoms with Gasteiger partial charge in [0.05, 0.1) is 0 Å². The fraction of sp³-hybridized carbons (Fsp3) is 0.481. The number of rotatable bonds is 9. The van der Waals surface area contributed by atoms with E-state index in [1.807, 2.05) is 62.9 Å². The lowest BCUT2D eigenvalue weighted by atomic mass is 10.1. The van der Waals surface area contributed by atoms with Crippen molar-refractivity contribution in [2.24, 2.45) is 0 Å². The lowest BCUT2D eigenvalue weighted by Crippen LogP contribution is -2.33. The second kappa shape index (κ2) is 11.6. The van der Waals surface area contributed by atoms with Crippen LogP contribution in [0.4, 0.5) is 10.5 Å². The fourth-order valence-corrected chi connectivity index (χ4v) is 4.64. The maximum absolute atomic E-state index is 12.8. The molecule has 33 heavy (non-hydrogen) atoms. The number of thioether (sulfide) groups is 1. The molecule has 1 N–H and O–H groups in total. The molecule has 6 heteroatoms. The van der Waals surface area contributed by atoms with Crippen molar-refractivity contribution in [1.29, 1.82) is 0 Å². The number of anilines is 1. The normalized spacial score (nSPS) is 13.0. The summed E-state index contributed by atoms with van der Waals surface area (Å²) < 4.78 is 5.47. The van der Waals surface area contributed by atoms with Crippen LogP contribution in [0, 0.1) is 0 Å². The summed E-state index contributed by atoms with van der Waals surface area (Å²) in [4.78, 5) is 28.0. The van der Waals surface area contributed by atoms with Crippen LogP contribution < -0.4 is 5.32 Å². The van der Waals surface area contributed by atoms with Crippen LogP contribution in [0.1, 0.15) is 81.3 Å². The zero-order valence-corrected chi connectivity index (χ0v) is 21.1. The van der Waals surface area contributed by atoms with Gasteiger partial charge in [-0.25, -0.2) is 4.79 Å². The molecule has 2 aromatic rings. The molecule has 0 aromatic heterocycles. The Hall–Kier alpha value is -2.47. The van der Waals surface area contributed by atoms with Crippen LogP contribution in [0.2, 0.25) is 0 Å². The van der Waals surface area contributed by atoms with Crippen molar-refractivity contribution in [2.75, 3.05) is 11.1 Å². The molecule has 0 atom stereocenters. The van der Waals surface area contributed by atoms with Gasteiger partial charge in [0, 0.05) is 29.2 Å². The summed E-state index contributed by atoms with van der Waals surface area (Å²) in [6.45, 7) is 8.77. The number of nitrogens with one attached hydrogen (secondary N) is 1. The average molecular weight is 469 g/mol. The van der Waals surface area contributed by atoms with Gasteiger partial charge in [-0.15, -0.1) is 11.8 Å². The largest absolute Gasteiger partial charge is 0.444 e. The number of carbonyl (C=O) groups is 2. The van der Waals surface area contributed by atoms with Crippen LogP contribution in [0.25, 0.3) is 0 Å². The van der Waals surface area contributed by atoms with E-state index in [9.17, 15) is 9.59 Å². The Morgan fingerprint density at radius 2 is 1.67 bits per heavy atom. The van der Waals surface area contributed by atoms with Crippen LogP contribution in [0.5, 0.6) is 0 Å². The summed E-state index contributed by atoms with van der Waals surface area (Å²) in [5.41, 5.74) is 2.88. The summed E-state index contributed by atoms with van der Waals surface area (Å²) in [5.74, 6) is 0.982. The molecule has 0 radical (unpaired) electrons. The molecule has 0 saturated carbocycles. The molecule has 3 rings (SSSR count). The third-order valence-corrected chi connectivity index (χ3v) is 6.57. The monoisotopic (exact) mass is 468 g/mol. The predicted molar refractivity (Wildman–Crippen MR) is 136 cm³/mol. The molecule has 178 valence electrons. The smallest absolute Gasteiger partial charge is 0.410 e. The van der Waals surface area contributed by atoms with Gasteiger partial charge in [-0.05, 0) is 80.5 Å². The Bertz CT molecular complexity index is 951. The van der Waals surface area contributed by atoms with Crippen molar-refractivity contribution in [3.8, 4) is 0 Å². The Morgan fingerprint density at radius 3 is 2.36 bits per heavy atom. The van der Waals surface area contributed by atoms with Crippen molar-refractivity contribution >= 4 is 29.4 Å². The van der Waals surface area contributed by atoms with Gasteiger partial charge in [0.2, 0.25) is 0 Å². The summed E-state index contributed by atoms with van der Waals surface area (Å²) in [6, 6.07) is 13.6. The molecule has 1 aliphatic rings. The van der Waals surface area contributed by atoms with Crippen molar-refractivity contribution in [3.63, 3.8) is 0 Å². The number of carbonyl (C=O) groups excluding carboxylic acids is 2. The third-order valence-electron chi connectivity index (χ3n) is 5.47. The van der Waals surface area contributed by atoms with E-state index in [2.05, 4.69) is 24.4 Å².